The number of rotatable bonds is 0. The van der Waals surface area contributed by atoms with Crippen LogP contribution >= 0.6 is 0 Å². The van der Waals surface area contributed by atoms with Crippen molar-refractivity contribution in [3.63, 3.8) is 0 Å². The molecule has 0 amide bonds. The van der Waals surface area contributed by atoms with Crippen LogP contribution in [0.1, 0.15) is 17.2 Å². The summed E-state index contributed by atoms with van der Waals surface area (Å²) in [6.45, 7) is 2.45. The molecule has 4 nitrogen and oxygen atoms in total. The summed E-state index contributed by atoms with van der Waals surface area (Å²) in [5.74, 6) is 1.16. The van der Waals surface area contributed by atoms with E-state index in [-0.39, 0.29) is 6.04 Å². The van der Waals surface area contributed by atoms with E-state index in [9.17, 15) is 0 Å². The lowest BCUT2D eigenvalue weighted by Crippen LogP contribution is -2.23. The minimum absolute atomic E-state index is 0.259. The second kappa shape index (κ2) is 2.56. The fraction of sp³-hybridized carbons (Fsp3) is 0.667. The Hall–Kier alpha value is -0.870. The molecule has 3 heterocycles. The van der Waals surface area contributed by atoms with Crippen LogP contribution in [0.5, 0.6) is 0 Å². The lowest BCUT2D eigenvalue weighted by Gasteiger charge is -2.14. The van der Waals surface area contributed by atoms with Gasteiger partial charge in [-0.25, -0.2) is 4.98 Å². The highest BCUT2D eigenvalue weighted by Crippen LogP contribution is 2.23. The van der Waals surface area contributed by atoms with E-state index in [1.807, 2.05) is 0 Å². The minimum atomic E-state index is 0.259. The van der Waals surface area contributed by atoms with E-state index in [1.165, 1.54) is 11.4 Å². The second-order valence-electron chi connectivity index (χ2n) is 3.80. The van der Waals surface area contributed by atoms with Crippen molar-refractivity contribution < 1.29 is 4.74 Å². The van der Waals surface area contributed by atoms with Gasteiger partial charge in [-0.1, -0.05) is 0 Å². The molecule has 1 atom stereocenters. The zero-order valence-corrected chi connectivity index (χ0v) is 7.49. The molecule has 1 aromatic rings. The highest BCUT2D eigenvalue weighted by atomic mass is 16.5. The molecular formula is C9H13N3O. The number of hydrogen-bond donors (Lipinski definition) is 1. The van der Waals surface area contributed by atoms with Gasteiger partial charge in [0.1, 0.15) is 5.82 Å². The molecule has 0 radical (unpaired) electrons. The molecule has 0 aliphatic carbocycles. The quantitative estimate of drug-likeness (QED) is 0.602. The van der Waals surface area contributed by atoms with E-state index in [1.54, 1.807) is 0 Å². The van der Waals surface area contributed by atoms with Crippen molar-refractivity contribution >= 4 is 0 Å². The summed E-state index contributed by atoms with van der Waals surface area (Å²) in [4.78, 5) is 4.58. The molecule has 0 fully saturated rings. The zero-order chi connectivity index (χ0) is 8.84. The number of fused-ring (bicyclic) bond motifs is 3. The molecule has 0 spiro atoms. The highest BCUT2D eigenvalue weighted by molar-refractivity contribution is 5.21. The molecule has 0 saturated carbocycles. The molecule has 2 aliphatic heterocycles. The first-order valence-corrected chi connectivity index (χ1v) is 4.75. The Morgan fingerprint density at radius 1 is 1.54 bits per heavy atom. The second-order valence-corrected chi connectivity index (χ2v) is 3.80. The maximum atomic E-state index is 5.86. The van der Waals surface area contributed by atoms with Crippen molar-refractivity contribution in [2.45, 2.75) is 32.0 Å². The Bertz CT molecular complexity index is 345. The minimum Gasteiger partial charge on any atom is -0.375 e. The third-order valence-corrected chi connectivity index (χ3v) is 2.82. The molecule has 70 valence electrons. The SMILES string of the molecule is NC1Cc2nc3c(n2C1)COCC3. The molecule has 2 N–H and O–H groups in total. The van der Waals surface area contributed by atoms with Crippen molar-refractivity contribution in [3.05, 3.63) is 17.2 Å². The van der Waals surface area contributed by atoms with Gasteiger partial charge in [0.2, 0.25) is 0 Å². The van der Waals surface area contributed by atoms with Gasteiger partial charge >= 0.3 is 0 Å². The van der Waals surface area contributed by atoms with Crippen LogP contribution in [0.3, 0.4) is 0 Å². The third kappa shape index (κ3) is 1.02. The van der Waals surface area contributed by atoms with E-state index in [2.05, 4.69) is 9.55 Å². The summed E-state index contributed by atoms with van der Waals surface area (Å²) >= 11 is 0. The van der Waals surface area contributed by atoms with Crippen LogP contribution < -0.4 is 5.73 Å². The first-order chi connectivity index (χ1) is 6.34. The monoisotopic (exact) mass is 179 g/mol. The number of hydrogen-bond acceptors (Lipinski definition) is 3. The Balaban J connectivity index is 2.07. The number of imidazole rings is 1. The van der Waals surface area contributed by atoms with E-state index in [0.29, 0.717) is 0 Å². The number of nitrogens with two attached hydrogens (primary N) is 1. The van der Waals surface area contributed by atoms with Crippen molar-refractivity contribution in [1.82, 2.24) is 9.55 Å². The number of aromatic nitrogens is 2. The Labute approximate surface area is 76.7 Å². The Morgan fingerprint density at radius 2 is 2.46 bits per heavy atom. The van der Waals surface area contributed by atoms with Gasteiger partial charge in [-0.05, 0) is 0 Å². The van der Waals surface area contributed by atoms with Crippen molar-refractivity contribution in [2.24, 2.45) is 5.73 Å². The van der Waals surface area contributed by atoms with Gasteiger partial charge in [-0.15, -0.1) is 0 Å². The van der Waals surface area contributed by atoms with E-state index >= 15 is 0 Å². The van der Waals surface area contributed by atoms with Gasteiger partial charge in [-0.3, -0.25) is 0 Å². The van der Waals surface area contributed by atoms with Crippen molar-refractivity contribution in [2.75, 3.05) is 6.61 Å². The summed E-state index contributed by atoms with van der Waals surface area (Å²) in [6, 6.07) is 0.259. The van der Waals surface area contributed by atoms with Gasteiger partial charge in [0.05, 0.1) is 24.6 Å². The fourth-order valence-electron chi connectivity index (χ4n) is 2.20. The molecule has 1 aromatic heterocycles. The molecule has 3 rings (SSSR count). The molecule has 0 aromatic carbocycles. The Kier molecular flexibility index (Phi) is 1.48. The normalized spacial score (nSPS) is 25.8. The third-order valence-electron chi connectivity index (χ3n) is 2.82. The van der Waals surface area contributed by atoms with Crippen LogP contribution in [-0.2, 0) is 30.7 Å². The molecule has 0 bridgehead atoms. The van der Waals surface area contributed by atoms with Gasteiger partial charge in [0.25, 0.3) is 0 Å². The first kappa shape index (κ1) is 7.53. The largest absolute Gasteiger partial charge is 0.375 e. The molecular weight excluding hydrogens is 166 g/mol. The molecule has 1 unspecified atom stereocenters. The van der Waals surface area contributed by atoms with Gasteiger partial charge in [0.15, 0.2) is 0 Å². The standard InChI is InChI=1S/C9H13N3O/c10-6-3-9-11-7-1-2-13-5-8(7)12(9)4-6/h6H,1-5,10H2. The van der Waals surface area contributed by atoms with E-state index < -0.39 is 0 Å². The molecule has 4 heteroatoms. The maximum absolute atomic E-state index is 5.86. The van der Waals surface area contributed by atoms with E-state index in [4.69, 9.17) is 10.5 Å². The highest BCUT2D eigenvalue weighted by Gasteiger charge is 2.26. The molecule has 13 heavy (non-hydrogen) atoms. The van der Waals surface area contributed by atoms with E-state index in [0.717, 1.165) is 38.4 Å². The molecule has 0 saturated heterocycles. The van der Waals surface area contributed by atoms with Gasteiger partial charge in [0, 0.05) is 25.4 Å². The summed E-state index contributed by atoms with van der Waals surface area (Å²) < 4.78 is 7.65. The van der Waals surface area contributed by atoms with Crippen LogP contribution in [0.2, 0.25) is 0 Å². The summed E-state index contributed by atoms with van der Waals surface area (Å²) in [5.41, 5.74) is 8.35. The maximum Gasteiger partial charge on any atom is 0.110 e. The van der Waals surface area contributed by atoms with Gasteiger partial charge < -0.3 is 15.0 Å². The van der Waals surface area contributed by atoms with Crippen LogP contribution in [0.4, 0.5) is 0 Å². The number of ether oxygens (including phenoxy) is 1. The number of nitrogens with zero attached hydrogens (tertiary/aromatic N) is 2. The van der Waals surface area contributed by atoms with Crippen LogP contribution in [0, 0.1) is 0 Å². The van der Waals surface area contributed by atoms with Gasteiger partial charge in [-0.2, -0.15) is 0 Å². The molecule has 2 aliphatic rings. The summed E-state index contributed by atoms with van der Waals surface area (Å²) in [5, 5.41) is 0. The Morgan fingerprint density at radius 3 is 3.38 bits per heavy atom. The topological polar surface area (TPSA) is 53.1 Å². The fourth-order valence-corrected chi connectivity index (χ4v) is 2.20. The lowest BCUT2D eigenvalue weighted by atomic mass is 10.2. The first-order valence-electron chi connectivity index (χ1n) is 4.75. The zero-order valence-electron chi connectivity index (χ0n) is 7.49. The predicted octanol–water partition coefficient (Wildman–Crippen LogP) is -0.161. The lowest BCUT2D eigenvalue weighted by molar-refractivity contribution is 0.104. The van der Waals surface area contributed by atoms with Crippen molar-refractivity contribution in [3.8, 4) is 0 Å². The summed E-state index contributed by atoms with van der Waals surface area (Å²) in [6.07, 6.45) is 1.89. The average Bonchev–Trinajstić information content (AvgIpc) is 2.60. The predicted molar refractivity (Wildman–Crippen MR) is 47.3 cm³/mol. The smallest absolute Gasteiger partial charge is 0.110 e. The van der Waals surface area contributed by atoms with Crippen LogP contribution in [0.15, 0.2) is 0 Å². The summed E-state index contributed by atoms with van der Waals surface area (Å²) in [7, 11) is 0. The van der Waals surface area contributed by atoms with Crippen molar-refractivity contribution in [1.29, 1.82) is 0 Å². The van der Waals surface area contributed by atoms with Crippen LogP contribution in [0.25, 0.3) is 0 Å². The average molecular weight is 179 g/mol. The van der Waals surface area contributed by atoms with Crippen LogP contribution in [-0.4, -0.2) is 22.2 Å².